The molecule has 0 heterocycles. The first-order valence-electron chi connectivity index (χ1n) is 5.83. The van der Waals surface area contributed by atoms with Crippen LogP contribution in [0.2, 0.25) is 0 Å². The molecular weight excluding hydrogens is 282 g/mol. The van der Waals surface area contributed by atoms with Crippen LogP contribution in [0, 0.1) is 5.92 Å². The zero-order valence-corrected chi connectivity index (χ0v) is 11.9. The molecule has 0 aromatic heterocycles. The van der Waals surface area contributed by atoms with Gasteiger partial charge in [-0.15, -0.1) is 11.8 Å². The fourth-order valence-corrected chi connectivity index (χ4v) is 4.19. The molecule has 1 aliphatic rings. The maximum atomic E-state index is 6.19. The molecule has 16 heavy (non-hydrogen) atoms. The van der Waals surface area contributed by atoms with E-state index in [-0.39, 0.29) is 0 Å². The van der Waals surface area contributed by atoms with E-state index in [0.29, 0.717) is 11.3 Å². The maximum Gasteiger partial charge on any atom is 0.0248 e. The highest BCUT2D eigenvalue weighted by molar-refractivity contribution is 9.10. The number of rotatable bonds is 2. The summed E-state index contributed by atoms with van der Waals surface area (Å²) in [7, 11) is 0. The van der Waals surface area contributed by atoms with Gasteiger partial charge in [0.05, 0.1) is 0 Å². The lowest BCUT2D eigenvalue weighted by molar-refractivity contribution is 0.357. The van der Waals surface area contributed by atoms with Crippen LogP contribution in [0.25, 0.3) is 0 Å². The first kappa shape index (κ1) is 12.5. The second-order valence-electron chi connectivity index (χ2n) is 4.70. The van der Waals surface area contributed by atoms with Gasteiger partial charge in [0, 0.05) is 20.7 Å². The third kappa shape index (κ3) is 3.25. The van der Waals surface area contributed by atoms with Crippen molar-refractivity contribution in [1.82, 2.24) is 0 Å². The van der Waals surface area contributed by atoms with Crippen molar-refractivity contribution < 1.29 is 0 Å². The largest absolute Gasteiger partial charge is 0.327 e. The Balaban J connectivity index is 2.02. The first-order chi connectivity index (χ1) is 7.65. The Bertz CT molecular complexity index is 356. The molecule has 3 heteroatoms. The SMILES string of the molecule is CC1CCC(N)C(Sc2cccc(Br)c2)C1. The summed E-state index contributed by atoms with van der Waals surface area (Å²) < 4.78 is 1.15. The Morgan fingerprint density at radius 3 is 2.94 bits per heavy atom. The Hall–Kier alpha value is 0.01000. The molecule has 3 unspecified atom stereocenters. The smallest absolute Gasteiger partial charge is 0.0248 e. The van der Waals surface area contributed by atoms with E-state index in [9.17, 15) is 0 Å². The molecule has 0 amide bonds. The molecule has 1 saturated carbocycles. The van der Waals surface area contributed by atoms with E-state index in [2.05, 4.69) is 47.1 Å². The summed E-state index contributed by atoms with van der Waals surface area (Å²) in [5.74, 6) is 0.824. The van der Waals surface area contributed by atoms with E-state index in [1.54, 1.807) is 0 Å². The summed E-state index contributed by atoms with van der Waals surface area (Å²) in [5.41, 5.74) is 6.19. The Morgan fingerprint density at radius 2 is 2.19 bits per heavy atom. The second-order valence-corrected chi connectivity index (χ2v) is 6.92. The van der Waals surface area contributed by atoms with Crippen LogP contribution in [0.3, 0.4) is 0 Å². The molecule has 1 aromatic rings. The van der Waals surface area contributed by atoms with E-state index in [0.717, 1.165) is 10.4 Å². The number of nitrogens with two attached hydrogens (primary N) is 1. The van der Waals surface area contributed by atoms with Crippen LogP contribution >= 0.6 is 27.7 Å². The fourth-order valence-electron chi connectivity index (χ4n) is 2.20. The topological polar surface area (TPSA) is 26.0 Å². The highest BCUT2D eigenvalue weighted by Gasteiger charge is 2.26. The second kappa shape index (κ2) is 5.56. The Labute approximate surface area is 110 Å². The Kier molecular flexibility index (Phi) is 4.34. The molecular formula is C13H18BrNS. The van der Waals surface area contributed by atoms with E-state index < -0.39 is 0 Å². The van der Waals surface area contributed by atoms with Crippen LogP contribution in [-0.2, 0) is 0 Å². The molecule has 88 valence electrons. The summed E-state index contributed by atoms with van der Waals surface area (Å²) >= 11 is 5.44. The first-order valence-corrected chi connectivity index (χ1v) is 7.50. The van der Waals surface area contributed by atoms with Gasteiger partial charge in [-0.25, -0.2) is 0 Å². The van der Waals surface area contributed by atoms with Gasteiger partial charge in [0.15, 0.2) is 0 Å². The average molecular weight is 300 g/mol. The van der Waals surface area contributed by atoms with E-state index in [1.165, 1.54) is 24.2 Å². The van der Waals surface area contributed by atoms with Crippen molar-refractivity contribution in [3.63, 3.8) is 0 Å². The number of halogens is 1. The third-order valence-electron chi connectivity index (χ3n) is 3.19. The summed E-state index contributed by atoms with van der Waals surface area (Å²) in [6.07, 6.45) is 3.71. The van der Waals surface area contributed by atoms with Crippen molar-refractivity contribution >= 4 is 27.7 Å². The molecule has 1 aromatic carbocycles. The molecule has 1 fully saturated rings. The average Bonchev–Trinajstić information content (AvgIpc) is 2.24. The molecule has 2 rings (SSSR count). The highest BCUT2D eigenvalue weighted by Crippen LogP contribution is 2.36. The lowest BCUT2D eigenvalue weighted by Gasteiger charge is -2.32. The van der Waals surface area contributed by atoms with Gasteiger partial charge in [-0.1, -0.05) is 28.9 Å². The van der Waals surface area contributed by atoms with E-state index in [1.807, 2.05) is 11.8 Å². The van der Waals surface area contributed by atoms with Crippen LogP contribution in [0.15, 0.2) is 33.6 Å². The number of hydrogen-bond donors (Lipinski definition) is 1. The molecule has 0 radical (unpaired) electrons. The standard InChI is InChI=1S/C13H18BrNS/c1-9-5-6-12(15)13(7-9)16-11-4-2-3-10(14)8-11/h2-4,8-9,12-13H,5-7,15H2,1H3. The van der Waals surface area contributed by atoms with Crippen molar-refractivity contribution in [3.8, 4) is 0 Å². The van der Waals surface area contributed by atoms with Crippen LogP contribution in [0.4, 0.5) is 0 Å². The Morgan fingerprint density at radius 1 is 1.38 bits per heavy atom. The molecule has 0 bridgehead atoms. The quantitative estimate of drug-likeness (QED) is 0.891. The van der Waals surface area contributed by atoms with Gasteiger partial charge in [0.1, 0.15) is 0 Å². The van der Waals surface area contributed by atoms with Crippen molar-refractivity contribution in [2.75, 3.05) is 0 Å². The van der Waals surface area contributed by atoms with E-state index in [4.69, 9.17) is 5.73 Å². The lowest BCUT2D eigenvalue weighted by Crippen LogP contribution is -2.37. The minimum atomic E-state index is 0.361. The van der Waals surface area contributed by atoms with Gasteiger partial charge >= 0.3 is 0 Å². The fraction of sp³-hybridized carbons (Fsp3) is 0.538. The molecule has 3 atom stereocenters. The normalized spacial score (nSPS) is 30.3. The molecule has 0 saturated heterocycles. The summed E-state index contributed by atoms with van der Waals surface area (Å²) in [5, 5.41) is 0.582. The molecule has 2 N–H and O–H groups in total. The minimum Gasteiger partial charge on any atom is -0.327 e. The van der Waals surface area contributed by atoms with Gasteiger partial charge in [-0.3, -0.25) is 0 Å². The molecule has 0 spiro atoms. The summed E-state index contributed by atoms with van der Waals surface area (Å²) in [4.78, 5) is 1.32. The summed E-state index contributed by atoms with van der Waals surface area (Å²) in [6, 6.07) is 8.86. The van der Waals surface area contributed by atoms with Gasteiger partial charge in [-0.2, -0.15) is 0 Å². The van der Waals surface area contributed by atoms with Crippen LogP contribution in [0.1, 0.15) is 26.2 Å². The van der Waals surface area contributed by atoms with Gasteiger partial charge in [0.2, 0.25) is 0 Å². The lowest BCUT2D eigenvalue weighted by atomic mass is 9.87. The predicted octanol–water partition coefficient (Wildman–Crippen LogP) is 4.06. The number of hydrogen-bond acceptors (Lipinski definition) is 2. The molecule has 1 nitrogen and oxygen atoms in total. The summed E-state index contributed by atoms with van der Waals surface area (Å²) in [6.45, 7) is 2.33. The van der Waals surface area contributed by atoms with Crippen LogP contribution < -0.4 is 5.73 Å². The zero-order valence-electron chi connectivity index (χ0n) is 9.53. The predicted molar refractivity (Wildman–Crippen MR) is 74.8 cm³/mol. The third-order valence-corrected chi connectivity index (χ3v) is 5.05. The van der Waals surface area contributed by atoms with Crippen molar-refractivity contribution in [3.05, 3.63) is 28.7 Å². The highest BCUT2D eigenvalue weighted by atomic mass is 79.9. The zero-order chi connectivity index (χ0) is 11.5. The monoisotopic (exact) mass is 299 g/mol. The number of benzene rings is 1. The molecule has 0 aliphatic heterocycles. The van der Waals surface area contributed by atoms with E-state index >= 15 is 0 Å². The minimum absolute atomic E-state index is 0.361. The number of thioether (sulfide) groups is 1. The van der Waals surface area contributed by atoms with Gasteiger partial charge < -0.3 is 5.73 Å². The van der Waals surface area contributed by atoms with Gasteiger partial charge in [0.25, 0.3) is 0 Å². The van der Waals surface area contributed by atoms with Crippen LogP contribution in [0.5, 0.6) is 0 Å². The van der Waals surface area contributed by atoms with Crippen molar-refractivity contribution in [1.29, 1.82) is 0 Å². The maximum absolute atomic E-state index is 6.19. The van der Waals surface area contributed by atoms with Crippen molar-refractivity contribution in [2.24, 2.45) is 11.7 Å². The molecule has 1 aliphatic carbocycles. The van der Waals surface area contributed by atoms with Crippen molar-refractivity contribution in [2.45, 2.75) is 42.4 Å². The van der Waals surface area contributed by atoms with Crippen LogP contribution in [-0.4, -0.2) is 11.3 Å². The van der Waals surface area contributed by atoms with Gasteiger partial charge in [-0.05, 0) is 43.4 Å².